The molecule has 0 saturated carbocycles. The highest BCUT2D eigenvalue weighted by atomic mass is 16.4. The van der Waals surface area contributed by atoms with Gasteiger partial charge in [-0.1, -0.05) is 32.0 Å². The predicted octanol–water partition coefficient (Wildman–Crippen LogP) is 2.75. The maximum Gasteiger partial charge on any atom is 0.306 e. The van der Waals surface area contributed by atoms with Crippen LogP contribution in [0.2, 0.25) is 0 Å². The molecule has 0 spiro atoms. The number of rotatable bonds is 5. The number of carbonyl (C=O) groups is 3. The molecular weight excluding hydrogens is 370 g/mol. The zero-order chi connectivity index (χ0) is 21.1. The topological polar surface area (TPSA) is 90.8 Å². The van der Waals surface area contributed by atoms with Crippen LogP contribution in [0, 0.1) is 5.92 Å². The van der Waals surface area contributed by atoms with Gasteiger partial charge in [0.05, 0.1) is 23.5 Å². The third-order valence-corrected chi connectivity index (χ3v) is 5.47. The first kappa shape index (κ1) is 20.8. The molecule has 1 N–H and O–H groups in total. The number of hydrogen-bond donors (Lipinski definition) is 1. The number of carboxylic acid groups (broad SMARTS) is 1. The van der Waals surface area contributed by atoms with Crippen molar-refractivity contribution in [3.05, 3.63) is 41.6 Å². The fourth-order valence-electron chi connectivity index (χ4n) is 3.62. The smallest absolute Gasteiger partial charge is 0.306 e. The SMILES string of the molecule is CC(C)c1cc(C(=O)N(C)CC(=O)N2CCC(C(=O)O)CC2)c2ccccc2n1. The van der Waals surface area contributed by atoms with E-state index in [0.29, 0.717) is 31.5 Å². The number of pyridine rings is 1. The van der Waals surface area contributed by atoms with Gasteiger partial charge in [0, 0.05) is 31.2 Å². The molecule has 1 aromatic carbocycles. The third kappa shape index (κ3) is 4.55. The summed E-state index contributed by atoms with van der Waals surface area (Å²) in [6.45, 7) is 4.84. The molecule has 2 amide bonds. The zero-order valence-electron chi connectivity index (χ0n) is 17.1. The van der Waals surface area contributed by atoms with E-state index in [0.717, 1.165) is 16.6 Å². The number of carboxylic acids is 1. The lowest BCUT2D eigenvalue weighted by atomic mass is 9.97. The van der Waals surface area contributed by atoms with Gasteiger partial charge in [-0.05, 0) is 30.9 Å². The summed E-state index contributed by atoms with van der Waals surface area (Å²) in [7, 11) is 1.62. The molecule has 1 aliphatic heterocycles. The minimum atomic E-state index is -0.810. The molecule has 0 atom stereocenters. The molecule has 0 unspecified atom stereocenters. The van der Waals surface area contributed by atoms with E-state index >= 15 is 0 Å². The summed E-state index contributed by atoms with van der Waals surface area (Å²) in [4.78, 5) is 44.6. The van der Waals surface area contributed by atoms with Gasteiger partial charge in [0.1, 0.15) is 0 Å². The molecule has 3 rings (SSSR count). The summed E-state index contributed by atoms with van der Waals surface area (Å²) in [5, 5.41) is 9.86. The van der Waals surface area contributed by atoms with E-state index in [1.165, 1.54) is 4.90 Å². The second-order valence-corrected chi connectivity index (χ2v) is 7.92. The Morgan fingerprint density at radius 2 is 1.86 bits per heavy atom. The first-order valence-corrected chi connectivity index (χ1v) is 9.93. The molecule has 1 saturated heterocycles. The third-order valence-electron chi connectivity index (χ3n) is 5.47. The van der Waals surface area contributed by atoms with Crippen LogP contribution in [0.15, 0.2) is 30.3 Å². The van der Waals surface area contributed by atoms with E-state index < -0.39 is 11.9 Å². The number of piperidine rings is 1. The number of hydrogen-bond acceptors (Lipinski definition) is 4. The minimum absolute atomic E-state index is 0.0375. The Balaban J connectivity index is 1.75. The molecule has 7 nitrogen and oxygen atoms in total. The standard InChI is InChI=1S/C22H27N3O4/c1-14(2)19-12-17(16-6-4-5-7-18(16)23-19)21(27)24(3)13-20(26)25-10-8-15(9-11-25)22(28)29/h4-7,12,14-15H,8-11,13H2,1-3H3,(H,28,29). The lowest BCUT2D eigenvalue weighted by Crippen LogP contribution is -2.45. The van der Waals surface area contributed by atoms with E-state index in [9.17, 15) is 14.4 Å². The van der Waals surface area contributed by atoms with Crippen molar-refractivity contribution in [3.8, 4) is 0 Å². The Kier molecular flexibility index (Phi) is 6.15. The lowest BCUT2D eigenvalue weighted by Gasteiger charge is -2.31. The molecule has 154 valence electrons. The molecule has 1 fully saturated rings. The number of benzene rings is 1. The van der Waals surface area contributed by atoms with Crippen LogP contribution in [-0.4, -0.2) is 64.4 Å². The maximum atomic E-state index is 13.1. The van der Waals surface area contributed by atoms with Crippen molar-refractivity contribution in [2.24, 2.45) is 5.92 Å². The van der Waals surface area contributed by atoms with Gasteiger partial charge in [-0.15, -0.1) is 0 Å². The van der Waals surface area contributed by atoms with Crippen molar-refractivity contribution in [2.45, 2.75) is 32.6 Å². The van der Waals surface area contributed by atoms with Crippen LogP contribution in [0.25, 0.3) is 10.9 Å². The van der Waals surface area contributed by atoms with Gasteiger partial charge in [0.25, 0.3) is 5.91 Å². The number of aliphatic carboxylic acids is 1. The summed E-state index contributed by atoms with van der Waals surface area (Å²) in [5.41, 5.74) is 2.14. The highest BCUT2D eigenvalue weighted by molar-refractivity contribution is 6.07. The minimum Gasteiger partial charge on any atom is -0.481 e. The summed E-state index contributed by atoms with van der Waals surface area (Å²) < 4.78 is 0. The number of aromatic nitrogens is 1. The Morgan fingerprint density at radius 1 is 1.21 bits per heavy atom. The van der Waals surface area contributed by atoms with E-state index in [1.54, 1.807) is 11.9 Å². The van der Waals surface area contributed by atoms with Crippen molar-refractivity contribution in [3.63, 3.8) is 0 Å². The first-order chi connectivity index (χ1) is 13.8. The number of carbonyl (C=O) groups excluding carboxylic acids is 2. The number of nitrogens with zero attached hydrogens (tertiary/aromatic N) is 3. The van der Waals surface area contributed by atoms with Crippen LogP contribution < -0.4 is 0 Å². The second-order valence-electron chi connectivity index (χ2n) is 7.92. The van der Waals surface area contributed by atoms with Crippen LogP contribution in [-0.2, 0) is 9.59 Å². The fourth-order valence-corrected chi connectivity index (χ4v) is 3.62. The van der Waals surface area contributed by atoms with E-state index in [4.69, 9.17) is 5.11 Å². The molecule has 0 bridgehead atoms. The predicted molar refractivity (Wildman–Crippen MR) is 110 cm³/mol. The molecule has 29 heavy (non-hydrogen) atoms. The number of likely N-dealkylation sites (tertiary alicyclic amines) is 1. The maximum absolute atomic E-state index is 13.1. The largest absolute Gasteiger partial charge is 0.481 e. The lowest BCUT2D eigenvalue weighted by molar-refractivity contribution is -0.145. The van der Waals surface area contributed by atoms with Gasteiger partial charge in [0.15, 0.2) is 0 Å². The highest BCUT2D eigenvalue weighted by Crippen LogP contribution is 2.24. The van der Waals surface area contributed by atoms with Crippen LogP contribution >= 0.6 is 0 Å². The normalized spacial score (nSPS) is 15.0. The molecule has 0 aliphatic carbocycles. The van der Waals surface area contributed by atoms with Crippen LogP contribution in [0.4, 0.5) is 0 Å². The van der Waals surface area contributed by atoms with E-state index in [1.807, 2.05) is 44.2 Å². The molecule has 1 aliphatic rings. The highest BCUT2D eigenvalue weighted by Gasteiger charge is 2.28. The summed E-state index contributed by atoms with van der Waals surface area (Å²) >= 11 is 0. The van der Waals surface area contributed by atoms with Crippen molar-refractivity contribution in [2.75, 3.05) is 26.7 Å². The van der Waals surface area contributed by atoms with Gasteiger partial charge >= 0.3 is 5.97 Å². The average Bonchev–Trinajstić information content (AvgIpc) is 2.72. The molecule has 0 radical (unpaired) electrons. The van der Waals surface area contributed by atoms with Crippen LogP contribution in [0.5, 0.6) is 0 Å². The zero-order valence-corrected chi connectivity index (χ0v) is 17.1. The number of para-hydroxylation sites is 1. The number of amides is 2. The van der Waals surface area contributed by atoms with Crippen LogP contribution in [0.3, 0.4) is 0 Å². The quantitative estimate of drug-likeness (QED) is 0.838. The second kappa shape index (κ2) is 8.59. The number of likely N-dealkylation sites (N-methyl/N-ethyl adjacent to an activating group) is 1. The Hall–Kier alpha value is -2.96. The summed E-state index contributed by atoms with van der Waals surface area (Å²) in [5.74, 6) is -1.41. The van der Waals surface area contributed by atoms with Gasteiger partial charge in [-0.3, -0.25) is 19.4 Å². The summed E-state index contributed by atoms with van der Waals surface area (Å²) in [6.07, 6.45) is 0.900. The molecular formula is C22H27N3O4. The van der Waals surface area contributed by atoms with Gasteiger partial charge in [0.2, 0.25) is 5.91 Å². The van der Waals surface area contributed by atoms with Gasteiger partial charge < -0.3 is 14.9 Å². The Labute approximate surface area is 170 Å². The molecule has 7 heteroatoms. The summed E-state index contributed by atoms with van der Waals surface area (Å²) in [6, 6.07) is 9.33. The van der Waals surface area contributed by atoms with E-state index in [2.05, 4.69) is 4.98 Å². The number of fused-ring (bicyclic) bond motifs is 1. The van der Waals surface area contributed by atoms with Crippen LogP contribution in [0.1, 0.15) is 48.7 Å². The fraction of sp³-hybridized carbons (Fsp3) is 0.455. The van der Waals surface area contributed by atoms with Crippen molar-refractivity contribution in [1.82, 2.24) is 14.8 Å². The molecule has 1 aromatic heterocycles. The van der Waals surface area contributed by atoms with Crippen molar-refractivity contribution in [1.29, 1.82) is 0 Å². The van der Waals surface area contributed by atoms with Crippen molar-refractivity contribution >= 4 is 28.7 Å². The van der Waals surface area contributed by atoms with Gasteiger partial charge in [-0.2, -0.15) is 0 Å². The monoisotopic (exact) mass is 397 g/mol. The average molecular weight is 397 g/mol. The first-order valence-electron chi connectivity index (χ1n) is 9.93. The Bertz CT molecular complexity index is 933. The Morgan fingerprint density at radius 3 is 2.48 bits per heavy atom. The van der Waals surface area contributed by atoms with E-state index in [-0.39, 0.29) is 24.3 Å². The molecule has 2 heterocycles. The molecule has 2 aromatic rings. The van der Waals surface area contributed by atoms with Crippen molar-refractivity contribution < 1.29 is 19.5 Å². The van der Waals surface area contributed by atoms with Gasteiger partial charge in [-0.25, -0.2) is 0 Å².